The monoisotopic (exact) mass is 952 g/mol. The van der Waals surface area contributed by atoms with Gasteiger partial charge < -0.3 is 19.6 Å². The summed E-state index contributed by atoms with van der Waals surface area (Å²) in [4.78, 5) is 9.94. The number of fused-ring (bicyclic) bond motifs is 7. The highest BCUT2D eigenvalue weighted by Crippen LogP contribution is 2.57. The molecule has 2 aliphatic rings. The van der Waals surface area contributed by atoms with Crippen molar-refractivity contribution in [1.82, 2.24) is 0 Å². The minimum Gasteiger partial charge on any atom is -0.311 e. The molecule has 0 aromatic heterocycles. The number of hydrogen-bond donors (Lipinski definition) is 0. The lowest BCUT2D eigenvalue weighted by Crippen LogP contribution is -2.59. The maximum absolute atomic E-state index is 2.61. The second-order valence-electron chi connectivity index (χ2n) is 20.8. The van der Waals surface area contributed by atoms with Crippen molar-refractivity contribution in [2.75, 3.05) is 19.6 Å². The summed E-state index contributed by atoms with van der Waals surface area (Å²) in [7, 11) is 0. The lowest BCUT2D eigenvalue weighted by Gasteiger charge is -2.47. The van der Waals surface area contributed by atoms with Crippen LogP contribution in [0.1, 0.15) is 38.9 Å². The Morgan fingerprint density at radius 3 is 1.22 bits per heavy atom. The third-order valence-corrected chi connectivity index (χ3v) is 15.5. The van der Waals surface area contributed by atoms with E-state index in [0.29, 0.717) is 0 Å². The second-order valence-corrected chi connectivity index (χ2v) is 20.8. The molecule has 0 atom stereocenters. The Hall–Kier alpha value is -8.80. The smallest absolute Gasteiger partial charge is 0.248 e. The van der Waals surface area contributed by atoms with Gasteiger partial charge in [0.2, 0.25) is 6.71 Å². The Morgan fingerprint density at radius 2 is 0.716 bits per heavy atom. The van der Waals surface area contributed by atoms with Gasteiger partial charge in [0.25, 0.3) is 0 Å². The zero-order valence-electron chi connectivity index (χ0n) is 43.2. The SMILES string of the molecule is Cc1ccc(N(c2ccc(C)cc2)c2ccc(N3c4cc5ccccc5cc4N4c5ccc(N(c6ccc(C)cc6)c6ccc(C)cc6)cc5B(c5c(C)cc(C)cc5C)c5c4c3cc3ccccc53)cc2)cc1. The minimum absolute atomic E-state index is 0.0941. The van der Waals surface area contributed by atoms with Crippen LogP contribution in [0.15, 0.2) is 218 Å². The molecule has 0 saturated carbocycles. The first-order valence-corrected chi connectivity index (χ1v) is 25.9. The molecular weight excluding hydrogens is 896 g/mol. The fraction of sp³-hybridized carbons (Fsp3) is 0.101. The van der Waals surface area contributed by atoms with Crippen molar-refractivity contribution < 1.29 is 0 Å². The van der Waals surface area contributed by atoms with Crippen LogP contribution in [0, 0.1) is 48.5 Å². The van der Waals surface area contributed by atoms with Gasteiger partial charge in [-0.15, -0.1) is 0 Å². The van der Waals surface area contributed by atoms with Gasteiger partial charge in [-0.3, -0.25) is 0 Å². The van der Waals surface area contributed by atoms with E-state index >= 15 is 0 Å². The number of aryl methyl sites for hydroxylation is 7. The zero-order valence-corrected chi connectivity index (χ0v) is 43.2. The summed E-state index contributed by atoms with van der Waals surface area (Å²) in [6.45, 7) is 15.4. The zero-order chi connectivity index (χ0) is 50.4. The van der Waals surface area contributed by atoms with Crippen molar-refractivity contribution in [3.05, 3.63) is 257 Å². The molecule has 356 valence electrons. The van der Waals surface area contributed by atoms with E-state index in [-0.39, 0.29) is 6.71 Å². The van der Waals surface area contributed by atoms with Crippen molar-refractivity contribution in [1.29, 1.82) is 0 Å². The van der Waals surface area contributed by atoms with E-state index in [2.05, 4.69) is 286 Å². The summed E-state index contributed by atoms with van der Waals surface area (Å²) in [6, 6.07) is 82.0. The number of rotatable bonds is 8. The quantitative estimate of drug-likeness (QED) is 0.141. The average Bonchev–Trinajstić information content (AvgIpc) is 3.41. The largest absolute Gasteiger partial charge is 0.311 e. The molecule has 13 rings (SSSR count). The molecule has 0 fully saturated rings. The van der Waals surface area contributed by atoms with Gasteiger partial charge in [0, 0.05) is 45.5 Å². The molecule has 5 heteroatoms. The highest BCUT2D eigenvalue weighted by Gasteiger charge is 2.44. The van der Waals surface area contributed by atoms with E-state index in [1.54, 1.807) is 0 Å². The van der Waals surface area contributed by atoms with E-state index in [0.717, 1.165) is 56.9 Å². The van der Waals surface area contributed by atoms with Gasteiger partial charge in [-0.1, -0.05) is 154 Å². The first kappa shape index (κ1) is 45.1. The lowest BCUT2D eigenvalue weighted by molar-refractivity contribution is 1.18. The molecule has 0 spiro atoms. The van der Waals surface area contributed by atoms with Gasteiger partial charge in [0.1, 0.15) is 0 Å². The van der Waals surface area contributed by atoms with Crippen LogP contribution in [-0.2, 0) is 0 Å². The van der Waals surface area contributed by atoms with E-state index in [4.69, 9.17) is 0 Å². The van der Waals surface area contributed by atoms with Crippen molar-refractivity contribution in [3.63, 3.8) is 0 Å². The molecular formula is C69H57BN4. The van der Waals surface area contributed by atoms with E-state index in [1.165, 1.54) is 88.3 Å². The second kappa shape index (κ2) is 17.8. The molecule has 0 saturated heterocycles. The fourth-order valence-corrected chi connectivity index (χ4v) is 12.0. The summed E-state index contributed by atoms with van der Waals surface area (Å²) >= 11 is 0. The van der Waals surface area contributed by atoms with Gasteiger partial charge in [0.15, 0.2) is 0 Å². The van der Waals surface area contributed by atoms with Crippen LogP contribution in [-0.4, -0.2) is 6.71 Å². The maximum atomic E-state index is 2.61. The molecule has 0 aliphatic carbocycles. The molecule has 0 bridgehead atoms. The molecule has 0 unspecified atom stereocenters. The Kier molecular flexibility index (Phi) is 10.8. The molecule has 4 nitrogen and oxygen atoms in total. The minimum atomic E-state index is -0.0941. The molecule has 2 heterocycles. The van der Waals surface area contributed by atoms with Crippen LogP contribution in [0.3, 0.4) is 0 Å². The number of anilines is 12. The molecule has 2 aliphatic heterocycles. The van der Waals surface area contributed by atoms with E-state index in [9.17, 15) is 0 Å². The Bertz CT molecular complexity index is 3860. The third-order valence-electron chi connectivity index (χ3n) is 15.5. The lowest BCUT2D eigenvalue weighted by atomic mass is 9.33. The predicted octanol–water partition coefficient (Wildman–Crippen LogP) is 17.2. The Balaban J connectivity index is 1.08. The average molecular weight is 953 g/mol. The Labute approximate surface area is 436 Å². The highest BCUT2D eigenvalue weighted by molar-refractivity contribution is 7.00. The summed E-state index contributed by atoms with van der Waals surface area (Å²) in [5, 5.41) is 4.88. The summed E-state index contributed by atoms with van der Waals surface area (Å²) < 4.78 is 0. The fourth-order valence-electron chi connectivity index (χ4n) is 12.0. The van der Waals surface area contributed by atoms with Crippen molar-refractivity contribution in [2.45, 2.75) is 48.5 Å². The van der Waals surface area contributed by atoms with Crippen molar-refractivity contribution in [3.8, 4) is 0 Å². The number of benzene rings is 11. The number of nitrogens with zero attached hydrogens (tertiary/aromatic N) is 4. The van der Waals surface area contributed by atoms with Gasteiger partial charge in [-0.25, -0.2) is 0 Å². The van der Waals surface area contributed by atoms with Crippen LogP contribution in [0.4, 0.5) is 68.2 Å². The first-order valence-electron chi connectivity index (χ1n) is 25.9. The van der Waals surface area contributed by atoms with Crippen LogP contribution >= 0.6 is 0 Å². The topological polar surface area (TPSA) is 13.0 Å². The maximum Gasteiger partial charge on any atom is 0.248 e. The molecule has 0 N–H and O–H groups in total. The van der Waals surface area contributed by atoms with Gasteiger partial charge >= 0.3 is 0 Å². The normalized spacial score (nSPS) is 12.4. The van der Waals surface area contributed by atoms with Gasteiger partial charge in [-0.05, 0) is 190 Å². The summed E-state index contributed by atoms with van der Waals surface area (Å²) in [5.41, 5.74) is 26.4. The van der Waals surface area contributed by atoms with Crippen LogP contribution in [0.5, 0.6) is 0 Å². The van der Waals surface area contributed by atoms with Gasteiger partial charge in [0.05, 0.1) is 22.7 Å². The van der Waals surface area contributed by atoms with E-state index in [1.807, 2.05) is 0 Å². The molecule has 0 radical (unpaired) electrons. The van der Waals surface area contributed by atoms with Crippen LogP contribution in [0.2, 0.25) is 0 Å². The van der Waals surface area contributed by atoms with Crippen molar-refractivity contribution >= 4 is 113 Å². The molecule has 74 heavy (non-hydrogen) atoms. The standard InChI is InChI=1S/C69H57BN4/c1-44-16-24-54(25-17-44)71(55-26-18-45(2)19-27-55)58-32-34-59(35-33-58)73-64-40-51-12-8-9-13-52(51)41-65(64)74-63-37-36-60(72(56-28-20-46(3)21-29-56)57-30-22-47(4)23-31-57)43-62(63)70(67-49(6)38-48(5)39-50(67)7)68-61-15-11-10-14-53(61)42-66(73)69(68)74/h8-43H,1-7H3. The molecule has 11 aromatic carbocycles. The highest BCUT2D eigenvalue weighted by atomic mass is 15.3. The summed E-state index contributed by atoms with van der Waals surface area (Å²) in [6.07, 6.45) is 0. The number of hydrogen-bond acceptors (Lipinski definition) is 4. The van der Waals surface area contributed by atoms with Crippen LogP contribution < -0.4 is 36.0 Å². The van der Waals surface area contributed by atoms with Crippen molar-refractivity contribution in [2.24, 2.45) is 0 Å². The third kappa shape index (κ3) is 7.53. The molecule has 0 amide bonds. The Morgan fingerprint density at radius 1 is 0.311 bits per heavy atom. The first-order chi connectivity index (χ1) is 36.1. The van der Waals surface area contributed by atoms with Crippen LogP contribution in [0.25, 0.3) is 21.5 Å². The molecule has 11 aromatic rings. The van der Waals surface area contributed by atoms with Gasteiger partial charge in [-0.2, -0.15) is 0 Å². The predicted molar refractivity (Wildman–Crippen MR) is 318 cm³/mol. The summed E-state index contributed by atoms with van der Waals surface area (Å²) in [5.74, 6) is 0. The van der Waals surface area contributed by atoms with E-state index < -0.39 is 0 Å².